The van der Waals surface area contributed by atoms with E-state index in [0.29, 0.717) is 0 Å². The van der Waals surface area contributed by atoms with Crippen LogP contribution in [0.2, 0.25) is 0 Å². The molecule has 7 nitrogen and oxygen atoms in total. The molecule has 0 aliphatic heterocycles. The van der Waals surface area contributed by atoms with Crippen molar-refractivity contribution in [2.45, 2.75) is 44.7 Å². The summed E-state index contributed by atoms with van der Waals surface area (Å²) in [7, 11) is 0. The molecule has 7 heteroatoms. The van der Waals surface area contributed by atoms with Crippen LogP contribution in [0.4, 0.5) is 4.79 Å². The van der Waals surface area contributed by atoms with Crippen LogP contribution in [0, 0.1) is 12.3 Å². The molecule has 33 heavy (non-hydrogen) atoms. The van der Waals surface area contributed by atoms with Gasteiger partial charge >= 0.3 is 12.1 Å². The van der Waals surface area contributed by atoms with Gasteiger partial charge in [0.05, 0.1) is 0 Å². The average molecular weight is 449 g/mol. The topological polar surface area (TPSA) is 95.9 Å². The Morgan fingerprint density at radius 2 is 1.64 bits per heavy atom. The van der Waals surface area contributed by atoms with Gasteiger partial charge in [-0.15, -0.1) is 12.3 Å². The first-order valence-corrected chi connectivity index (χ1v) is 10.7. The number of nitrogens with zero attached hydrogens (tertiary/aromatic N) is 1. The summed E-state index contributed by atoms with van der Waals surface area (Å²) in [4.78, 5) is 38.1. The van der Waals surface area contributed by atoms with Crippen molar-refractivity contribution >= 4 is 18.0 Å². The number of carboxylic acids is 1. The second kappa shape index (κ2) is 9.78. The molecule has 0 aromatic heterocycles. The summed E-state index contributed by atoms with van der Waals surface area (Å²) in [5.41, 5.74) is 3.59. The number of ether oxygens (including phenoxy) is 1. The smallest absolute Gasteiger partial charge is 0.407 e. The molecule has 2 N–H and O–H groups in total. The van der Waals surface area contributed by atoms with Gasteiger partial charge < -0.3 is 20.1 Å². The fourth-order valence-corrected chi connectivity index (χ4v) is 4.07. The number of hydrogen-bond donors (Lipinski definition) is 2. The first-order valence-electron chi connectivity index (χ1n) is 10.7. The molecule has 172 valence electrons. The monoisotopic (exact) mass is 448 g/mol. The maximum atomic E-state index is 13.0. The summed E-state index contributed by atoms with van der Waals surface area (Å²) < 4.78 is 5.51. The molecule has 2 amide bonds. The van der Waals surface area contributed by atoms with Gasteiger partial charge in [-0.2, -0.15) is 0 Å². The van der Waals surface area contributed by atoms with Crippen molar-refractivity contribution in [1.82, 2.24) is 10.2 Å². The van der Waals surface area contributed by atoms with Crippen molar-refractivity contribution in [3.8, 4) is 23.5 Å². The summed E-state index contributed by atoms with van der Waals surface area (Å²) in [6.45, 7) is 4.74. The van der Waals surface area contributed by atoms with E-state index in [-0.39, 0.29) is 18.9 Å². The van der Waals surface area contributed by atoms with Crippen molar-refractivity contribution < 1.29 is 24.2 Å². The second-order valence-electron chi connectivity index (χ2n) is 8.92. The number of rotatable bonds is 7. The lowest BCUT2D eigenvalue weighted by molar-refractivity contribution is -0.149. The summed E-state index contributed by atoms with van der Waals surface area (Å²) in [5, 5.41) is 11.7. The molecule has 0 radical (unpaired) electrons. The molecule has 1 aliphatic carbocycles. The van der Waals surface area contributed by atoms with E-state index in [1.54, 1.807) is 20.8 Å². The standard InChI is InChI=1S/C26H28N2O5/c1-5-10-22(24(31)28(15-23(29)30)26(2,3)4)27-25(32)33-16-21-19-13-8-6-11-17(19)18-12-7-9-14-20(18)21/h1,6-9,11-14,21-22H,10,15-16H2,2-4H3,(H,27,32)(H,29,30). The molecule has 1 unspecified atom stereocenters. The number of hydrogen-bond acceptors (Lipinski definition) is 4. The Morgan fingerprint density at radius 3 is 2.12 bits per heavy atom. The van der Waals surface area contributed by atoms with Crippen LogP contribution >= 0.6 is 0 Å². The summed E-state index contributed by atoms with van der Waals surface area (Å²) >= 11 is 0. The second-order valence-corrected chi connectivity index (χ2v) is 8.92. The molecule has 2 aromatic rings. The molecule has 0 fully saturated rings. The average Bonchev–Trinajstić information content (AvgIpc) is 3.08. The van der Waals surface area contributed by atoms with Crippen molar-refractivity contribution in [2.75, 3.05) is 13.2 Å². The number of amides is 2. The Bertz CT molecular complexity index is 1050. The third-order valence-electron chi connectivity index (χ3n) is 5.62. The number of fused-ring (bicyclic) bond motifs is 3. The number of carboxylic acid groups (broad SMARTS) is 1. The van der Waals surface area contributed by atoms with Crippen LogP contribution in [0.5, 0.6) is 0 Å². The van der Waals surface area contributed by atoms with Crippen LogP contribution < -0.4 is 5.32 Å². The van der Waals surface area contributed by atoms with Crippen LogP contribution in [0.25, 0.3) is 11.1 Å². The van der Waals surface area contributed by atoms with Crippen LogP contribution in [0.3, 0.4) is 0 Å². The van der Waals surface area contributed by atoms with Crippen LogP contribution in [0.15, 0.2) is 48.5 Å². The SMILES string of the molecule is C#CCC(NC(=O)OCC1c2ccccc2-c2ccccc21)C(=O)N(CC(=O)O)C(C)(C)C. The Labute approximate surface area is 193 Å². The van der Waals surface area contributed by atoms with Crippen molar-refractivity contribution in [3.63, 3.8) is 0 Å². The first kappa shape index (κ1) is 23.9. The number of carbonyl (C=O) groups excluding carboxylic acids is 2. The fourth-order valence-electron chi connectivity index (χ4n) is 4.07. The number of aliphatic carboxylic acids is 1. The van der Waals surface area contributed by atoms with Gasteiger partial charge in [0.1, 0.15) is 19.2 Å². The van der Waals surface area contributed by atoms with E-state index in [9.17, 15) is 19.5 Å². The molecular weight excluding hydrogens is 420 g/mol. The highest BCUT2D eigenvalue weighted by atomic mass is 16.5. The van der Waals surface area contributed by atoms with Crippen molar-refractivity contribution in [2.24, 2.45) is 0 Å². The van der Waals surface area contributed by atoms with E-state index >= 15 is 0 Å². The van der Waals surface area contributed by atoms with Crippen LogP contribution in [0.1, 0.15) is 44.2 Å². The van der Waals surface area contributed by atoms with Gasteiger partial charge in [0.15, 0.2) is 0 Å². The van der Waals surface area contributed by atoms with E-state index in [1.807, 2.05) is 48.5 Å². The van der Waals surface area contributed by atoms with E-state index in [0.717, 1.165) is 22.3 Å². The maximum absolute atomic E-state index is 13.0. The van der Waals surface area contributed by atoms with Gasteiger partial charge in [-0.25, -0.2) is 4.79 Å². The largest absolute Gasteiger partial charge is 0.480 e. The van der Waals surface area contributed by atoms with Gasteiger partial charge in [-0.1, -0.05) is 48.5 Å². The van der Waals surface area contributed by atoms with Gasteiger partial charge in [-0.3, -0.25) is 9.59 Å². The van der Waals surface area contributed by atoms with Crippen LogP contribution in [-0.2, 0) is 14.3 Å². The zero-order chi connectivity index (χ0) is 24.2. The molecule has 0 bridgehead atoms. The minimum atomic E-state index is -1.15. The Hall–Kier alpha value is -3.79. The highest BCUT2D eigenvalue weighted by Crippen LogP contribution is 2.44. The van der Waals surface area contributed by atoms with Crippen molar-refractivity contribution in [1.29, 1.82) is 0 Å². The van der Waals surface area contributed by atoms with E-state index in [1.165, 1.54) is 4.90 Å². The Balaban J connectivity index is 1.72. The highest BCUT2D eigenvalue weighted by Gasteiger charge is 2.34. The van der Waals surface area contributed by atoms with Crippen LogP contribution in [-0.4, -0.2) is 52.7 Å². The third kappa shape index (κ3) is 5.35. The molecule has 0 spiro atoms. The molecule has 0 saturated carbocycles. The minimum Gasteiger partial charge on any atom is -0.480 e. The Morgan fingerprint density at radius 1 is 1.09 bits per heavy atom. The molecule has 2 aromatic carbocycles. The van der Waals surface area contributed by atoms with Gasteiger partial charge in [0.2, 0.25) is 5.91 Å². The summed E-state index contributed by atoms with van der Waals surface area (Å²) in [5.74, 6) is 0.523. The molecule has 0 heterocycles. The number of benzene rings is 2. The third-order valence-corrected chi connectivity index (χ3v) is 5.62. The minimum absolute atomic E-state index is 0.0881. The highest BCUT2D eigenvalue weighted by molar-refractivity contribution is 5.89. The fraction of sp³-hybridized carbons (Fsp3) is 0.346. The lowest BCUT2D eigenvalue weighted by Gasteiger charge is -2.36. The summed E-state index contributed by atoms with van der Waals surface area (Å²) in [6, 6.07) is 14.9. The number of alkyl carbamates (subject to hydrolysis) is 1. The van der Waals surface area contributed by atoms with Crippen molar-refractivity contribution in [3.05, 3.63) is 59.7 Å². The van der Waals surface area contributed by atoms with Gasteiger partial charge in [-0.05, 0) is 43.0 Å². The molecule has 1 aliphatic rings. The number of terminal acetylenes is 1. The molecule has 0 saturated heterocycles. The Kier molecular flexibility index (Phi) is 7.07. The lowest BCUT2D eigenvalue weighted by Crippen LogP contribution is -2.56. The summed E-state index contributed by atoms with van der Waals surface area (Å²) in [6.07, 6.45) is 4.53. The lowest BCUT2D eigenvalue weighted by atomic mass is 9.98. The van der Waals surface area contributed by atoms with E-state index < -0.39 is 36.1 Å². The maximum Gasteiger partial charge on any atom is 0.407 e. The number of carbonyl (C=O) groups is 3. The van der Waals surface area contributed by atoms with Gasteiger partial charge in [0, 0.05) is 17.9 Å². The molecule has 1 atom stereocenters. The zero-order valence-corrected chi connectivity index (χ0v) is 19.0. The van der Waals surface area contributed by atoms with E-state index in [4.69, 9.17) is 11.2 Å². The predicted molar refractivity (Wildman–Crippen MR) is 125 cm³/mol. The molecular formula is C26H28N2O5. The quantitative estimate of drug-likeness (QED) is 0.631. The predicted octanol–water partition coefficient (Wildman–Crippen LogP) is 3.63. The van der Waals surface area contributed by atoms with Gasteiger partial charge in [0.25, 0.3) is 0 Å². The van der Waals surface area contributed by atoms with E-state index in [2.05, 4.69) is 11.2 Å². The zero-order valence-electron chi connectivity index (χ0n) is 19.0. The first-order chi connectivity index (χ1) is 15.6. The normalized spacial score (nSPS) is 13.3. The molecule has 3 rings (SSSR count). The number of nitrogens with one attached hydrogen (secondary N) is 1.